The van der Waals surface area contributed by atoms with Crippen LogP contribution in [0.25, 0.3) is 32.2 Å². The van der Waals surface area contributed by atoms with Gasteiger partial charge in [0.25, 0.3) is 0 Å². The number of hydrogen-bond donors (Lipinski definition) is 1. The largest absolute Gasteiger partial charge is 0.350 e. The lowest BCUT2D eigenvalue weighted by atomic mass is 10.2. The van der Waals surface area contributed by atoms with Gasteiger partial charge in [-0.25, -0.2) is 14.8 Å². The average molecular weight is 395 g/mol. The Balaban J connectivity index is 0.000000706. The summed E-state index contributed by atoms with van der Waals surface area (Å²) in [7, 11) is 0. The first-order chi connectivity index (χ1) is 13.5. The Morgan fingerprint density at radius 2 is 1.89 bits per heavy atom. The van der Waals surface area contributed by atoms with Crippen LogP contribution in [0.1, 0.15) is 31.7 Å². The van der Waals surface area contributed by atoms with Crippen LogP contribution in [0.4, 0.5) is 4.79 Å². The van der Waals surface area contributed by atoms with Gasteiger partial charge in [-0.2, -0.15) is 9.78 Å². The van der Waals surface area contributed by atoms with E-state index in [2.05, 4.69) is 33.9 Å². The number of pyridine rings is 2. The lowest BCUT2D eigenvalue weighted by molar-refractivity contribution is 0.248. The van der Waals surface area contributed by atoms with Crippen molar-refractivity contribution in [1.82, 2.24) is 24.7 Å². The molecular weight excluding hydrogens is 372 g/mol. The lowest BCUT2D eigenvalue weighted by Gasteiger charge is -2.00. The van der Waals surface area contributed by atoms with Crippen LogP contribution in [0.3, 0.4) is 0 Å². The van der Waals surface area contributed by atoms with Crippen molar-refractivity contribution in [2.75, 3.05) is 0 Å². The molecule has 0 fully saturated rings. The topological polar surface area (TPSA) is 99.6 Å². The molecule has 0 saturated carbocycles. The molecule has 4 rings (SSSR count). The van der Waals surface area contributed by atoms with Crippen molar-refractivity contribution in [2.45, 2.75) is 34.1 Å². The Bertz CT molecular complexity index is 1120. The van der Waals surface area contributed by atoms with Crippen LogP contribution in [0.2, 0.25) is 0 Å². The number of primary amides is 1. The van der Waals surface area contributed by atoms with Crippen LogP contribution < -0.4 is 5.73 Å². The summed E-state index contributed by atoms with van der Waals surface area (Å²) in [5, 5.41) is 5.84. The quantitative estimate of drug-likeness (QED) is 0.536. The number of rotatable bonds is 2. The molecule has 4 heterocycles. The van der Waals surface area contributed by atoms with Gasteiger partial charge in [-0.1, -0.05) is 20.3 Å². The molecule has 28 heavy (non-hydrogen) atoms. The molecule has 0 aliphatic rings. The number of nitrogens with zero attached hydrogens (tertiary/aromatic N) is 5. The molecular formula is C20H22N6OS. The average Bonchev–Trinajstić information content (AvgIpc) is 3.23. The van der Waals surface area contributed by atoms with E-state index in [4.69, 9.17) is 5.73 Å². The summed E-state index contributed by atoms with van der Waals surface area (Å²) in [5.41, 5.74) is 9.13. The number of carbonyl (C=O) groups is 1. The monoisotopic (exact) mass is 394 g/mol. The first-order valence-corrected chi connectivity index (χ1v) is 9.82. The number of nitrogens with two attached hydrogens (primary N) is 1. The van der Waals surface area contributed by atoms with Crippen molar-refractivity contribution in [3.05, 3.63) is 48.0 Å². The van der Waals surface area contributed by atoms with Gasteiger partial charge in [0.15, 0.2) is 5.65 Å². The standard InChI is InChI=1S/C17H14N6OS.C3H8/c1-9-12-5-6-13(21-15(12)23(22-9)17(18)24)14-10(2)20-16(25-14)11-4-3-7-19-8-11;1-3-2/h3-8H,1-2H3,(H2,18,24);3H2,1-2H3. The normalized spacial score (nSPS) is 10.6. The zero-order chi connectivity index (χ0) is 20.3. The van der Waals surface area contributed by atoms with Gasteiger partial charge >= 0.3 is 6.03 Å². The number of aryl methyl sites for hydroxylation is 2. The number of hydrogen-bond acceptors (Lipinski definition) is 6. The number of aromatic nitrogens is 5. The third-order valence-electron chi connectivity index (χ3n) is 3.86. The molecule has 0 bridgehead atoms. The van der Waals surface area contributed by atoms with Gasteiger partial charge in [0.05, 0.1) is 22.0 Å². The highest BCUT2D eigenvalue weighted by molar-refractivity contribution is 7.18. The number of fused-ring (bicyclic) bond motifs is 1. The second kappa shape index (κ2) is 8.26. The molecule has 1 amide bonds. The predicted molar refractivity (Wildman–Crippen MR) is 112 cm³/mol. The lowest BCUT2D eigenvalue weighted by Crippen LogP contribution is -2.21. The van der Waals surface area contributed by atoms with E-state index < -0.39 is 6.03 Å². The SMILES string of the molecule is CCC.Cc1nc(-c2cccnc2)sc1-c1ccc2c(C)nn(C(N)=O)c2n1. The molecule has 0 radical (unpaired) electrons. The number of thiazole rings is 1. The van der Waals surface area contributed by atoms with Crippen molar-refractivity contribution in [1.29, 1.82) is 0 Å². The van der Waals surface area contributed by atoms with Crippen molar-refractivity contribution < 1.29 is 4.79 Å². The van der Waals surface area contributed by atoms with Crippen LogP contribution >= 0.6 is 11.3 Å². The summed E-state index contributed by atoms with van der Waals surface area (Å²) in [4.78, 5) is 25.9. The van der Waals surface area contributed by atoms with E-state index in [1.165, 1.54) is 17.8 Å². The summed E-state index contributed by atoms with van der Waals surface area (Å²) < 4.78 is 1.13. The third-order valence-corrected chi connectivity index (χ3v) is 5.09. The highest BCUT2D eigenvalue weighted by Crippen LogP contribution is 2.34. The molecule has 144 valence electrons. The fraction of sp³-hybridized carbons (Fsp3) is 0.250. The minimum atomic E-state index is -0.653. The Morgan fingerprint density at radius 1 is 1.14 bits per heavy atom. The van der Waals surface area contributed by atoms with Crippen LogP contribution in [0, 0.1) is 13.8 Å². The Hall–Kier alpha value is -3.13. The van der Waals surface area contributed by atoms with Crippen LogP contribution in [-0.4, -0.2) is 30.8 Å². The summed E-state index contributed by atoms with van der Waals surface area (Å²) in [5.74, 6) is 0. The second-order valence-electron chi connectivity index (χ2n) is 6.29. The highest BCUT2D eigenvalue weighted by atomic mass is 32.1. The van der Waals surface area contributed by atoms with Crippen molar-refractivity contribution in [2.24, 2.45) is 5.73 Å². The highest BCUT2D eigenvalue weighted by Gasteiger charge is 2.17. The Morgan fingerprint density at radius 3 is 2.54 bits per heavy atom. The molecule has 0 unspecified atom stereocenters. The molecule has 4 aromatic heterocycles. The molecule has 0 saturated heterocycles. The first-order valence-electron chi connectivity index (χ1n) is 9.00. The molecule has 0 aromatic carbocycles. The van der Waals surface area contributed by atoms with E-state index in [9.17, 15) is 4.79 Å². The maximum atomic E-state index is 11.6. The summed E-state index contributed by atoms with van der Waals surface area (Å²) in [6, 6.07) is 7.01. The van der Waals surface area contributed by atoms with E-state index in [1.54, 1.807) is 12.4 Å². The summed E-state index contributed by atoms with van der Waals surface area (Å²) in [6.45, 7) is 8.01. The number of carbonyl (C=O) groups excluding carboxylic acids is 1. The molecule has 7 nitrogen and oxygen atoms in total. The van der Waals surface area contributed by atoms with Crippen molar-refractivity contribution in [3.63, 3.8) is 0 Å². The Labute approximate surface area is 167 Å². The zero-order valence-corrected chi connectivity index (χ0v) is 17.1. The van der Waals surface area contributed by atoms with Crippen LogP contribution in [0.15, 0.2) is 36.7 Å². The molecule has 0 atom stereocenters. The van der Waals surface area contributed by atoms with E-state index >= 15 is 0 Å². The van der Waals surface area contributed by atoms with Crippen LogP contribution in [0.5, 0.6) is 0 Å². The van der Waals surface area contributed by atoms with Gasteiger partial charge in [0.2, 0.25) is 0 Å². The van der Waals surface area contributed by atoms with E-state index in [1.807, 2.05) is 38.1 Å². The van der Waals surface area contributed by atoms with Crippen molar-refractivity contribution >= 4 is 28.4 Å². The predicted octanol–water partition coefficient (Wildman–Crippen LogP) is 4.58. The van der Waals surface area contributed by atoms with Gasteiger partial charge in [-0.3, -0.25) is 4.98 Å². The van der Waals surface area contributed by atoms with Gasteiger partial charge in [-0.15, -0.1) is 11.3 Å². The summed E-state index contributed by atoms with van der Waals surface area (Å²) in [6.07, 6.45) is 4.76. The molecule has 0 spiro atoms. The molecule has 2 N–H and O–H groups in total. The Kier molecular flexibility index (Phi) is 5.79. The minimum Gasteiger partial charge on any atom is -0.350 e. The van der Waals surface area contributed by atoms with Gasteiger partial charge < -0.3 is 5.73 Å². The van der Waals surface area contributed by atoms with Gasteiger partial charge in [0, 0.05) is 23.3 Å². The van der Waals surface area contributed by atoms with E-state index in [-0.39, 0.29) is 0 Å². The molecule has 0 aliphatic heterocycles. The third kappa shape index (κ3) is 3.77. The fourth-order valence-corrected chi connectivity index (χ4v) is 3.70. The zero-order valence-electron chi connectivity index (χ0n) is 16.3. The van der Waals surface area contributed by atoms with Gasteiger partial charge in [0.1, 0.15) is 5.01 Å². The molecule has 8 heteroatoms. The summed E-state index contributed by atoms with van der Waals surface area (Å²) >= 11 is 1.54. The molecule has 0 aliphatic carbocycles. The van der Waals surface area contributed by atoms with Crippen molar-refractivity contribution in [3.8, 4) is 21.1 Å². The van der Waals surface area contributed by atoms with Gasteiger partial charge in [-0.05, 0) is 38.1 Å². The maximum Gasteiger partial charge on any atom is 0.341 e. The van der Waals surface area contributed by atoms with E-state index in [0.29, 0.717) is 11.3 Å². The smallest absolute Gasteiger partial charge is 0.341 e. The molecule has 4 aromatic rings. The minimum absolute atomic E-state index is 0.457. The second-order valence-corrected chi connectivity index (χ2v) is 7.28. The van der Waals surface area contributed by atoms with E-state index in [0.717, 1.165) is 36.9 Å². The fourth-order valence-electron chi connectivity index (χ4n) is 2.67. The maximum absolute atomic E-state index is 11.6. The first kappa shape index (κ1) is 19.6. The number of amides is 1. The van der Waals surface area contributed by atoms with Crippen LogP contribution in [-0.2, 0) is 0 Å².